The zero-order valence-electron chi connectivity index (χ0n) is 13.2. The molecule has 1 aromatic carbocycles. The van der Waals surface area contributed by atoms with Crippen LogP contribution < -0.4 is 4.74 Å². The van der Waals surface area contributed by atoms with E-state index in [0.29, 0.717) is 26.1 Å². The fourth-order valence-electron chi connectivity index (χ4n) is 2.66. The van der Waals surface area contributed by atoms with Crippen LogP contribution in [0.1, 0.15) is 32.3 Å². The fraction of sp³-hybridized carbons (Fsp3) is 0.588. The highest BCUT2D eigenvalue weighted by Gasteiger charge is 2.25. The molecule has 1 aliphatic rings. The summed E-state index contributed by atoms with van der Waals surface area (Å²) in [6.07, 6.45) is 1.53. The van der Waals surface area contributed by atoms with Crippen molar-refractivity contribution in [2.24, 2.45) is 0 Å². The van der Waals surface area contributed by atoms with E-state index in [1.54, 1.807) is 0 Å². The largest absolute Gasteiger partial charge is 0.494 e. The predicted molar refractivity (Wildman–Crippen MR) is 82.5 cm³/mol. The van der Waals surface area contributed by atoms with Gasteiger partial charge in [0, 0.05) is 19.5 Å². The number of nitrogens with zero attached hydrogens (tertiary/aromatic N) is 1. The topological polar surface area (TPSA) is 38.8 Å². The molecule has 1 amide bonds. The van der Waals surface area contributed by atoms with Crippen molar-refractivity contribution in [3.8, 4) is 5.75 Å². The lowest BCUT2D eigenvalue weighted by atomic mass is 10.2. The second-order valence-corrected chi connectivity index (χ2v) is 5.82. The highest BCUT2D eigenvalue weighted by Crippen LogP contribution is 2.14. The molecule has 0 aliphatic carbocycles. The van der Waals surface area contributed by atoms with Crippen LogP contribution in [0.2, 0.25) is 0 Å². The molecule has 0 spiro atoms. The smallest absolute Gasteiger partial charge is 0.222 e. The van der Waals surface area contributed by atoms with Crippen LogP contribution >= 0.6 is 0 Å². The van der Waals surface area contributed by atoms with Gasteiger partial charge in [0.2, 0.25) is 5.91 Å². The van der Waals surface area contributed by atoms with Gasteiger partial charge in [-0.3, -0.25) is 4.79 Å². The van der Waals surface area contributed by atoms with Crippen LogP contribution in [-0.2, 0) is 9.53 Å². The average molecular weight is 291 g/mol. The number of ether oxygens (including phenoxy) is 2. The molecule has 2 unspecified atom stereocenters. The van der Waals surface area contributed by atoms with E-state index >= 15 is 0 Å². The average Bonchev–Trinajstić information content (AvgIpc) is 2.42. The standard InChI is InChI=1S/C17H25NO3/c1-13-6-4-7-16(10-13)20-9-5-8-17(19)18-11-14(2)21-15(3)12-18/h4,6-7,10,14-15H,5,8-9,11-12H2,1-3H3. The summed E-state index contributed by atoms with van der Waals surface area (Å²) in [6.45, 7) is 8.03. The van der Waals surface area contributed by atoms with Gasteiger partial charge in [-0.15, -0.1) is 0 Å². The Morgan fingerprint density at radius 2 is 2.05 bits per heavy atom. The van der Waals surface area contributed by atoms with E-state index in [1.807, 2.05) is 49.9 Å². The van der Waals surface area contributed by atoms with E-state index in [0.717, 1.165) is 12.2 Å². The van der Waals surface area contributed by atoms with Gasteiger partial charge in [0.1, 0.15) is 5.75 Å². The van der Waals surface area contributed by atoms with Crippen LogP contribution in [0.5, 0.6) is 5.75 Å². The Balaban J connectivity index is 1.69. The Hall–Kier alpha value is -1.55. The monoisotopic (exact) mass is 291 g/mol. The molecule has 0 N–H and O–H groups in total. The van der Waals surface area contributed by atoms with Crippen LogP contribution in [0.25, 0.3) is 0 Å². The van der Waals surface area contributed by atoms with Crippen molar-refractivity contribution in [3.63, 3.8) is 0 Å². The lowest BCUT2D eigenvalue weighted by Crippen LogP contribution is -2.48. The number of morpholine rings is 1. The zero-order chi connectivity index (χ0) is 15.2. The number of hydrogen-bond acceptors (Lipinski definition) is 3. The summed E-state index contributed by atoms with van der Waals surface area (Å²) in [6, 6.07) is 7.97. The number of aryl methyl sites for hydroxylation is 1. The molecule has 2 rings (SSSR count). The van der Waals surface area contributed by atoms with E-state index in [-0.39, 0.29) is 18.1 Å². The summed E-state index contributed by atoms with van der Waals surface area (Å²) < 4.78 is 11.3. The first kappa shape index (κ1) is 15.8. The molecular weight excluding hydrogens is 266 g/mol. The van der Waals surface area contributed by atoms with Crippen molar-refractivity contribution in [2.75, 3.05) is 19.7 Å². The minimum atomic E-state index is 0.126. The Labute approximate surface area is 127 Å². The Morgan fingerprint density at radius 3 is 2.71 bits per heavy atom. The number of benzene rings is 1. The highest BCUT2D eigenvalue weighted by atomic mass is 16.5. The summed E-state index contributed by atoms with van der Waals surface area (Å²) in [4.78, 5) is 14.1. The van der Waals surface area contributed by atoms with Crippen molar-refractivity contribution in [1.29, 1.82) is 0 Å². The molecule has 4 nitrogen and oxygen atoms in total. The molecule has 0 radical (unpaired) electrons. The van der Waals surface area contributed by atoms with E-state index in [2.05, 4.69) is 0 Å². The first-order valence-electron chi connectivity index (χ1n) is 7.67. The Kier molecular flexibility index (Phi) is 5.62. The number of amides is 1. The van der Waals surface area contributed by atoms with Gasteiger partial charge >= 0.3 is 0 Å². The predicted octanol–water partition coefficient (Wildman–Crippen LogP) is 2.79. The van der Waals surface area contributed by atoms with Crippen molar-refractivity contribution in [3.05, 3.63) is 29.8 Å². The molecule has 4 heteroatoms. The number of rotatable bonds is 5. The third-order valence-electron chi connectivity index (χ3n) is 3.57. The van der Waals surface area contributed by atoms with Crippen molar-refractivity contribution >= 4 is 5.91 Å². The molecule has 1 saturated heterocycles. The summed E-state index contributed by atoms with van der Waals surface area (Å²) in [5.41, 5.74) is 1.18. The van der Waals surface area contributed by atoms with Crippen LogP contribution in [-0.4, -0.2) is 42.7 Å². The van der Waals surface area contributed by atoms with Gasteiger partial charge in [-0.05, 0) is 44.9 Å². The van der Waals surface area contributed by atoms with Gasteiger partial charge in [-0.25, -0.2) is 0 Å². The maximum atomic E-state index is 12.2. The molecule has 1 aromatic rings. The van der Waals surface area contributed by atoms with Crippen molar-refractivity contribution < 1.29 is 14.3 Å². The van der Waals surface area contributed by atoms with Crippen LogP contribution in [0, 0.1) is 6.92 Å². The normalized spacial score (nSPS) is 22.1. The van der Waals surface area contributed by atoms with E-state index < -0.39 is 0 Å². The Bertz CT molecular complexity index is 465. The van der Waals surface area contributed by atoms with Crippen molar-refractivity contribution in [2.45, 2.75) is 45.8 Å². The summed E-state index contributed by atoms with van der Waals surface area (Å²) >= 11 is 0. The van der Waals surface area contributed by atoms with Crippen LogP contribution in [0.4, 0.5) is 0 Å². The maximum absolute atomic E-state index is 12.2. The summed E-state index contributed by atoms with van der Waals surface area (Å²) in [5.74, 6) is 1.07. The van der Waals surface area contributed by atoms with Crippen LogP contribution in [0.15, 0.2) is 24.3 Å². The van der Waals surface area contributed by atoms with Crippen molar-refractivity contribution in [1.82, 2.24) is 4.90 Å². The third-order valence-corrected chi connectivity index (χ3v) is 3.57. The van der Waals surface area contributed by atoms with Gasteiger partial charge in [-0.1, -0.05) is 12.1 Å². The molecule has 1 aliphatic heterocycles. The van der Waals surface area contributed by atoms with Gasteiger partial charge in [-0.2, -0.15) is 0 Å². The van der Waals surface area contributed by atoms with E-state index in [4.69, 9.17) is 9.47 Å². The molecule has 2 atom stereocenters. The number of carbonyl (C=O) groups is 1. The number of hydrogen-bond donors (Lipinski definition) is 0. The number of carbonyl (C=O) groups excluding carboxylic acids is 1. The minimum absolute atomic E-state index is 0.126. The lowest BCUT2D eigenvalue weighted by Gasteiger charge is -2.35. The van der Waals surface area contributed by atoms with Crippen LogP contribution in [0.3, 0.4) is 0 Å². The quantitative estimate of drug-likeness (QED) is 0.783. The van der Waals surface area contributed by atoms with Gasteiger partial charge in [0.15, 0.2) is 0 Å². The fourth-order valence-corrected chi connectivity index (χ4v) is 2.66. The molecule has 1 heterocycles. The molecule has 0 saturated carbocycles. The minimum Gasteiger partial charge on any atom is -0.494 e. The SMILES string of the molecule is Cc1cccc(OCCCC(=O)N2CC(C)OC(C)C2)c1. The molecule has 0 bridgehead atoms. The third kappa shape index (κ3) is 5.05. The first-order chi connectivity index (χ1) is 10.0. The Morgan fingerprint density at radius 1 is 1.33 bits per heavy atom. The molecule has 1 fully saturated rings. The second kappa shape index (κ2) is 7.46. The zero-order valence-corrected chi connectivity index (χ0v) is 13.2. The van der Waals surface area contributed by atoms with E-state index in [9.17, 15) is 4.79 Å². The first-order valence-corrected chi connectivity index (χ1v) is 7.67. The summed E-state index contributed by atoms with van der Waals surface area (Å²) in [7, 11) is 0. The van der Waals surface area contributed by atoms with E-state index in [1.165, 1.54) is 5.56 Å². The van der Waals surface area contributed by atoms with Gasteiger partial charge < -0.3 is 14.4 Å². The van der Waals surface area contributed by atoms with Gasteiger partial charge in [0.05, 0.1) is 18.8 Å². The highest BCUT2D eigenvalue weighted by molar-refractivity contribution is 5.76. The van der Waals surface area contributed by atoms with Gasteiger partial charge in [0.25, 0.3) is 0 Å². The maximum Gasteiger partial charge on any atom is 0.222 e. The summed E-state index contributed by atoms with van der Waals surface area (Å²) in [5, 5.41) is 0. The molecule has 21 heavy (non-hydrogen) atoms. The molecular formula is C17H25NO3. The molecule has 0 aromatic heterocycles. The molecule has 116 valence electrons. The lowest BCUT2D eigenvalue weighted by molar-refractivity contribution is -0.143. The second-order valence-electron chi connectivity index (χ2n) is 5.82.